The summed E-state index contributed by atoms with van der Waals surface area (Å²) >= 11 is 0. The Kier molecular flexibility index (Phi) is 2.95. The maximum atomic E-state index is 11.4. The molecule has 0 aromatic rings. The van der Waals surface area contributed by atoms with E-state index in [2.05, 4.69) is 10.1 Å². The summed E-state index contributed by atoms with van der Waals surface area (Å²) in [7, 11) is 0. The molecule has 0 spiro atoms. The Labute approximate surface area is 81.4 Å². The van der Waals surface area contributed by atoms with Gasteiger partial charge in [0, 0.05) is 19.4 Å². The lowest BCUT2D eigenvalue weighted by atomic mass is 10.3. The molecule has 1 saturated carbocycles. The average molecular weight is 202 g/mol. The molecule has 4 N–H and O–H groups in total. The zero-order valence-electron chi connectivity index (χ0n) is 7.95. The Morgan fingerprint density at radius 2 is 2.21 bits per heavy atom. The van der Waals surface area contributed by atoms with Crippen LogP contribution in [0.15, 0.2) is 0 Å². The van der Waals surface area contributed by atoms with Crippen molar-refractivity contribution in [1.29, 1.82) is 0 Å². The number of hydrogen-bond donors (Lipinski definition) is 3. The van der Waals surface area contributed by atoms with Crippen molar-refractivity contribution in [2.75, 3.05) is 6.54 Å². The molecule has 1 fully saturated rings. The number of aliphatic hydroxyl groups excluding tert-OH is 1. The summed E-state index contributed by atoms with van der Waals surface area (Å²) in [6.07, 6.45) is -0.596. The van der Waals surface area contributed by atoms with Crippen LogP contribution in [0.2, 0.25) is 0 Å². The molecule has 2 amide bonds. The minimum absolute atomic E-state index is 0.142. The first-order valence-electron chi connectivity index (χ1n) is 4.41. The van der Waals surface area contributed by atoms with Crippen molar-refractivity contribution in [3.8, 4) is 0 Å². The lowest BCUT2D eigenvalue weighted by molar-refractivity contribution is -0.131. The first kappa shape index (κ1) is 10.8. The molecule has 0 radical (unpaired) electrons. The van der Waals surface area contributed by atoms with E-state index in [9.17, 15) is 9.59 Å². The minimum Gasteiger partial charge on any atom is -0.433 e. The van der Waals surface area contributed by atoms with Crippen molar-refractivity contribution in [2.24, 2.45) is 5.73 Å². The number of ether oxygens (including phenoxy) is 1. The van der Waals surface area contributed by atoms with E-state index < -0.39 is 23.7 Å². The van der Waals surface area contributed by atoms with Gasteiger partial charge in [0.15, 0.2) is 5.60 Å². The lowest BCUT2D eigenvalue weighted by Crippen LogP contribution is -2.43. The van der Waals surface area contributed by atoms with Crippen LogP contribution in [0.5, 0.6) is 0 Å². The molecule has 6 nitrogen and oxygen atoms in total. The van der Waals surface area contributed by atoms with Gasteiger partial charge in [-0.2, -0.15) is 0 Å². The number of primary amides is 1. The third-order valence-corrected chi connectivity index (χ3v) is 1.97. The summed E-state index contributed by atoms with van der Waals surface area (Å²) in [5.41, 5.74) is 3.75. The van der Waals surface area contributed by atoms with Gasteiger partial charge in [0.2, 0.25) is 0 Å². The monoisotopic (exact) mass is 202 g/mol. The second-order valence-electron chi connectivity index (χ2n) is 3.47. The van der Waals surface area contributed by atoms with Crippen LogP contribution in [0, 0.1) is 0 Å². The van der Waals surface area contributed by atoms with E-state index in [1.807, 2.05) is 0 Å². The molecular formula is C8H14N2O4. The predicted molar refractivity (Wildman–Crippen MR) is 47.3 cm³/mol. The summed E-state index contributed by atoms with van der Waals surface area (Å²) in [5, 5.41) is 11.4. The number of carbonyl (C=O) groups excluding carboxylic acids is 2. The molecule has 6 heteroatoms. The highest BCUT2D eigenvalue weighted by atomic mass is 16.6. The van der Waals surface area contributed by atoms with Crippen molar-refractivity contribution in [2.45, 2.75) is 31.5 Å². The fourth-order valence-corrected chi connectivity index (χ4v) is 1.08. The molecule has 14 heavy (non-hydrogen) atoms. The van der Waals surface area contributed by atoms with E-state index >= 15 is 0 Å². The number of hydrogen-bond acceptors (Lipinski definition) is 4. The lowest BCUT2D eigenvalue weighted by Gasteiger charge is -2.15. The third kappa shape index (κ3) is 2.59. The Morgan fingerprint density at radius 3 is 2.57 bits per heavy atom. The van der Waals surface area contributed by atoms with Crippen molar-refractivity contribution >= 4 is 12.0 Å². The van der Waals surface area contributed by atoms with E-state index in [1.165, 1.54) is 0 Å². The maximum absolute atomic E-state index is 11.4. The Balaban J connectivity index is 2.40. The summed E-state index contributed by atoms with van der Waals surface area (Å²) in [6.45, 7) is 1.69. The molecule has 0 aliphatic heterocycles. The summed E-state index contributed by atoms with van der Waals surface area (Å²) in [4.78, 5) is 21.9. The fraction of sp³-hybridized carbons (Fsp3) is 0.750. The van der Waals surface area contributed by atoms with Gasteiger partial charge in [0.1, 0.15) is 0 Å². The van der Waals surface area contributed by atoms with Gasteiger partial charge in [-0.05, 0) is 6.92 Å². The predicted octanol–water partition coefficient (Wildman–Crippen LogP) is -0.889. The van der Waals surface area contributed by atoms with Crippen molar-refractivity contribution in [3.63, 3.8) is 0 Å². The molecule has 0 aromatic heterocycles. The molecule has 1 rings (SSSR count). The summed E-state index contributed by atoms with van der Waals surface area (Å²) in [5.74, 6) is -0.391. The van der Waals surface area contributed by atoms with Crippen LogP contribution in [0.25, 0.3) is 0 Å². The molecule has 1 unspecified atom stereocenters. The van der Waals surface area contributed by atoms with Gasteiger partial charge < -0.3 is 20.9 Å². The number of aliphatic hydroxyl groups is 1. The minimum atomic E-state index is -1.07. The summed E-state index contributed by atoms with van der Waals surface area (Å²) in [6, 6.07) is 0. The molecular weight excluding hydrogens is 188 g/mol. The highest BCUT2D eigenvalue weighted by Crippen LogP contribution is 2.39. The molecule has 0 heterocycles. The molecule has 80 valence electrons. The molecule has 1 aliphatic carbocycles. The molecule has 0 aromatic carbocycles. The third-order valence-electron chi connectivity index (χ3n) is 1.97. The van der Waals surface area contributed by atoms with Crippen LogP contribution >= 0.6 is 0 Å². The van der Waals surface area contributed by atoms with E-state index in [1.54, 1.807) is 6.92 Å². The number of nitrogens with one attached hydrogen (secondary N) is 1. The van der Waals surface area contributed by atoms with Crippen LogP contribution < -0.4 is 11.1 Å². The largest absolute Gasteiger partial charge is 0.433 e. The van der Waals surface area contributed by atoms with Gasteiger partial charge in [-0.25, -0.2) is 4.79 Å². The Morgan fingerprint density at radius 1 is 1.64 bits per heavy atom. The quantitative estimate of drug-likeness (QED) is 0.550. The first-order chi connectivity index (χ1) is 6.46. The second kappa shape index (κ2) is 3.83. The molecule has 0 bridgehead atoms. The van der Waals surface area contributed by atoms with E-state index in [0.29, 0.717) is 12.8 Å². The van der Waals surface area contributed by atoms with Crippen LogP contribution in [0.3, 0.4) is 0 Å². The van der Waals surface area contributed by atoms with Gasteiger partial charge in [0.25, 0.3) is 5.91 Å². The van der Waals surface area contributed by atoms with Gasteiger partial charge >= 0.3 is 6.09 Å². The molecule has 0 saturated heterocycles. The smallest absolute Gasteiger partial charge is 0.405 e. The van der Waals surface area contributed by atoms with Crippen LogP contribution in [-0.4, -0.2) is 35.4 Å². The first-order valence-corrected chi connectivity index (χ1v) is 4.41. The highest BCUT2D eigenvalue weighted by molar-refractivity contribution is 5.90. The maximum Gasteiger partial charge on any atom is 0.405 e. The van der Waals surface area contributed by atoms with Gasteiger partial charge in [-0.1, -0.05) is 0 Å². The van der Waals surface area contributed by atoms with E-state index in [-0.39, 0.29) is 6.54 Å². The SMILES string of the molecule is CC(O)CNC(=O)C1(OC(N)=O)CC1. The van der Waals surface area contributed by atoms with E-state index in [4.69, 9.17) is 10.8 Å². The second-order valence-corrected chi connectivity index (χ2v) is 3.47. The highest BCUT2D eigenvalue weighted by Gasteiger charge is 2.53. The van der Waals surface area contributed by atoms with Crippen molar-refractivity contribution in [3.05, 3.63) is 0 Å². The van der Waals surface area contributed by atoms with Crippen LogP contribution in [-0.2, 0) is 9.53 Å². The van der Waals surface area contributed by atoms with Gasteiger partial charge in [-0.15, -0.1) is 0 Å². The topological polar surface area (TPSA) is 102 Å². The normalized spacial score (nSPS) is 19.6. The average Bonchev–Trinajstić information content (AvgIpc) is 2.80. The number of amides is 2. The molecule has 1 atom stereocenters. The van der Waals surface area contributed by atoms with Crippen LogP contribution in [0.4, 0.5) is 4.79 Å². The van der Waals surface area contributed by atoms with Gasteiger partial charge in [0.05, 0.1) is 6.10 Å². The van der Waals surface area contributed by atoms with E-state index in [0.717, 1.165) is 0 Å². The molecule has 1 aliphatic rings. The fourth-order valence-electron chi connectivity index (χ4n) is 1.08. The number of carbonyl (C=O) groups is 2. The Bertz CT molecular complexity index is 248. The Hall–Kier alpha value is -1.30. The standard InChI is InChI=1S/C8H14N2O4/c1-5(11)4-10-6(12)8(2-3-8)14-7(9)13/h5,11H,2-4H2,1H3,(H2,9,13)(H,10,12). The number of nitrogens with two attached hydrogens (primary N) is 1. The van der Waals surface area contributed by atoms with Gasteiger partial charge in [-0.3, -0.25) is 4.79 Å². The zero-order valence-corrected chi connectivity index (χ0v) is 7.95. The number of rotatable bonds is 4. The summed E-state index contributed by atoms with van der Waals surface area (Å²) < 4.78 is 4.69. The zero-order chi connectivity index (χ0) is 10.8. The van der Waals surface area contributed by atoms with Crippen LogP contribution in [0.1, 0.15) is 19.8 Å². The van der Waals surface area contributed by atoms with Crippen molar-refractivity contribution < 1.29 is 19.4 Å². The van der Waals surface area contributed by atoms with Crippen molar-refractivity contribution in [1.82, 2.24) is 5.32 Å².